The summed E-state index contributed by atoms with van der Waals surface area (Å²) in [4.78, 5) is 15.6. The number of para-hydroxylation sites is 1. The fourth-order valence-corrected chi connectivity index (χ4v) is 6.60. The highest BCUT2D eigenvalue weighted by Gasteiger charge is 2.36. The molecule has 0 unspecified atom stereocenters. The summed E-state index contributed by atoms with van der Waals surface area (Å²) >= 11 is 0. The third-order valence-electron chi connectivity index (χ3n) is 7.24. The van der Waals surface area contributed by atoms with Crippen LogP contribution in [0.5, 0.6) is 0 Å². The Balaban J connectivity index is 1.46. The van der Waals surface area contributed by atoms with Crippen LogP contribution in [0.4, 0.5) is 0 Å². The molecule has 6 nitrogen and oxygen atoms in total. The molecule has 0 spiro atoms. The van der Waals surface area contributed by atoms with E-state index in [4.69, 9.17) is 4.74 Å². The molecule has 1 aliphatic heterocycles. The van der Waals surface area contributed by atoms with E-state index in [1.165, 1.54) is 3.97 Å². The summed E-state index contributed by atoms with van der Waals surface area (Å²) in [6, 6.07) is 25.8. The van der Waals surface area contributed by atoms with Gasteiger partial charge in [0.05, 0.1) is 23.6 Å². The van der Waals surface area contributed by atoms with Gasteiger partial charge in [-0.2, -0.15) is 0 Å². The van der Waals surface area contributed by atoms with Gasteiger partial charge in [0.1, 0.15) is 5.78 Å². The van der Waals surface area contributed by atoms with E-state index in [-0.39, 0.29) is 22.6 Å². The summed E-state index contributed by atoms with van der Waals surface area (Å²) < 4.78 is 34.5. The van der Waals surface area contributed by atoms with Gasteiger partial charge in [-0.3, -0.25) is 9.69 Å². The molecule has 0 N–H and O–H groups in total. The van der Waals surface area contributed by atoms with E-state index in [1.54, 1.807) is 36.5 Å². The van der Waals surface area contributed by atoms with Gasteiger partial charge in [0.2, 0.25) is 0 Å². The van der Waals surface area contributed by atoms with E-state index >= 15 is 0 Å². The number of hydrogen-bond donors (Lipinski definition) is 0. The molecule has 1 aliphatic rings. The van der Waals surface area contributed by atoms with E-state index in [9.17, 15) is 13.2 Å². The molecule has 3 aromatic carbocycles. The molecule has 1 saturated heterocycles. The predicted octanol–water partition coefficient (Wildman–Crippen LogP) is 5.44. The minimum absolute atomic E-state index is 0.0215. The van der Waals surface area contributed by atoms with E-state index in [0.717, 1.165) is 22.9 Å². The van der Waals surface area contributed by atoms with Crippen molar-refractivity contribution in [2.75, 3.05) is 19.7 Å². The zero-order valence-corrected chi connectivity index (χ0v) is 21.8. The zero-order chi connectivity index (χ0) is 25.8. The number of Topliss-reactive ketones (excluding diaryl/α,β-unsaturated/α-hetero) is 1. The fraction of sp³-hybridized carbons (Fsp3) is 0.300. The average molecular weight is 517 g/mol. The van der Waals surface area contributed by atoms with Gasteiger partial charge < -0.3 is 4.74 Å². The molecule has 1 aromatic heterocycles. The van der Waals surface area contributed by atoms with Crippen LogP contribution >= 0.6 is 0 Å². The molecule has 7 heteroatoms. The molecule has 1 fully saturated rings. The third-order valence-corrected chi connectivity index (χ3v) is 8.93. The molecule has 37 heavy (non-hydrogen) atoms. The number of piperidine rings is 1. The summed E-state index contributed by atoms with van der Waals surface area (Å²) in [6.45, 7) is 4.40. The van der Waals surface area contributed by atoms with Crippen molar-refractivity contribution in [3.05, 3.63) is 102 Å². The third kappa shape index (κ3) is 5.25. The molecule has 0 saturated carbocycles. The van der Waals surface area contributed by atoms with Gasteiger partial charge in [-0.15, -0.1) is 0 Å². The van der Waals surface area contributed by atoms with Crippen LogP contribution in [-0.4, -0.2) is 42.8 Å². The van der Waals surface area contributed by atoms with Crippen LogP contribution in [0.1, 0.15) is 36.9 Å². The van der Waals surface area contributed by atoms with Crippen LogP contribution in [0.3, 0.4) is 0 Å². The molecule has 2 atom stereocenters. The maximum Gasteiger partial charge on any atom is 0.268 e. The van der Waals surface area contributed by atoms with E-state index in [1.807, 2.05) is 61.5 Å². The molecule has 4 aromatic rings. The zero-order valence-electron chi connectivity index (χ0n) is 21.0. The Bertz CT molecular complexity index is 1470. The Morgan fingerprint density at radius 2 is 1.59 bits per heavy atom. The van der Waals surface area contributed by atoms with E-state index < -0.39 is 10.0 Å². The van der Waals surface area contributed by atoms with Crippen molar-refractivity contribution < 1.29 is 17.9 Å². The molecule has 0 amide bonds. The SMILES string of the molecule is CC[C@H]1CN(CCOCc2ccccc2)[C@H](c2cn(S(=O)(=O)c3ccccc3)c3ccccc23)CC1=O. The molecule has 192 valence electrons. The standard InChI is InChI=1S/C30H32N2O4S/c1-2-24-20-31(17-18-36-22-23-11-5-3-6-12-23)29(19-30(24)33)27-21-32(28-16-10-9-15-26(27)28)37(34,35)25-13-7-4-8-14-25/h3-16,21,24,29H,2,17-20,22H2,1H3/t24-,29-/m0/s1. The summed E-state index contributed by atoms with van der Waals surface area (Å²) in [7, 11) is -3.79. The molecule has 0 bridgehead atoms. The first-order chi connectivity index (χ1) is 18.0. The van der Waals surface area contributed by atoms with Gasteiger partial charge in [-0.25, -0.2) is 12.4 Å². The van der Waals surface area contributed by atoms with Crippen LogP contribution in [0.15, 0.2) is 96.0 Å². The Kier molecular flexibility index (Phi) is 7.55. The number of rotatable bonds is 9. The van der Waals surface area contributed by atoms with Crippen LogP contribution < -0.4 is 0 Å². The molecule has 2 heterocycles. The number of ketones is 1. The normalized spacial score (nSPS) is 18.9. The second-order valence-electron chi connectivity index (χ2n) is 9.54. The monoisotopic (exact) mass is 516 g/mol. The van der Waals surface area contributed by atoms with Crippen LogP contribution in [0.25, 0.3) is 10.9 Å². The van der Waals surface area contributed by atoms with Crippen LogP contribution in [0.2, 0.25) is 0 Å². The van der Waals surface area contributed by atoms with Crippen molar-refractivity contribution in [1.29, 1.82) is 0 Å². The first kappa shape index (κ1) is 25.4. The Morgan fingerprint density at radius 3 is 2.32 bits per heavy atom. The molecule has 0 aliphatic carbocycles. The number of benzene rings is 3. The number of aromatic nitrogens is 1. The largest absolute Gasteiger partial charge is 0.375 e. The molecular formula is C30H32N2O4S. The van der Waals surface area contributed by atoms with Crippen molar-refractivity contribution in [3.8, 4) is 0 Å². The van der Waals surface area contributed by atoms with Gasteiger partial charge in [-0.05, 0) is 35.7 Å². The van der Waals surface area contributed by atoms with E-state index in [2.05, 4.69) is 4.90 Å². The number of likely N-dealkylation sites (tertiary alicyclic amines) is 1. The molecule has 0 radical (unpaired) electrons. The van der Waals surface area contributed by atoms with Crippen molar-refractivity contribution >= 4 is 26.7 Å². The first-order valence-corrected chi connectivity index (χ1v) is 14.2. The van der Waals surface area contributed by atoms with Crippen LogP contribution in [-0.2, 0) is 26.2 Å². The second kappa shape index (κ2) is 11.0. The maximum absolute atomic E-state index is 13.6. The smallest absolute Gasteiger partial charge is 0.268 e. The van der Waals surface area contributed by atoms with Crippen LogP contribution in [0, 0.1) is 5.92 Å². The Labute approximate surface area is 218 Å². The van der Waals surface area contributed by atoms with E-state index in [0.29, 0.717) is 38.2 Å². The number of ether oxygens (including phenoxy) is 1. The lowest BCUT2D eigenvalue weighted by Gasteiger charge is -2.38. The minimum Gasteiger partial charge on any atom is -0.375 e. The maximum atomic E-state index is 13.6. The Morgan fingerprint density at radius 1 is 0.919 bits per heavy atom. The minimum atomic E-state index is -3.79. The highest BCUT2D eigenvalue weighted by atomic mass is 32.2. The lowest BCUT2D eigenvalue weighted by molar-refractivity contribution is -0.129. The Hall–Kier alpha value is -3.26. The average Bonchev–Trinajstić information content (AvgIpc) is 3.33. The summed E-state index contributed by atoms with van der Waals surface area (Å²) in [6.07, 6.45) is 2.86. The summed E-state index contributed by atoms with van der Waals surface area (Å²) in [5, 5.41) is 0.852. The topological polar surface area (TPSA) is 68.6 Å². The fourth-order valence-electron chi connectivity index (χ4n) is 5.20. The van der Waals surface area contributed by atoms with Gasteiger partial charge >= 0.3 is 0 Å². The highest BCUT2D eigenvalue weighted by molar-refractivity contribution is 7.90. The van der Waals surface area contributed by atoms with Crippen molar-refractivity contribution in [1.82, 2.24) is 8.87 Å². The summed E-state index contributed by atoms with van der Waals surface area (Å²) in [5.74, 6) is 0.212. The number of nitrogens with zero attached hydrogens (tertiary/aromatic N) is 2. The van der Waals surface area contributed by atoms with Crippen molar-refractivity contribution in [3.63, 3.8) is 0 Å². The van der Waals surface area contributed by atoms with Crippen molar-refractivity contribution in [2.45, 2.75) is 37.3 Å². The molecule has 5 rings (SSSR count). The van der Waals surface area contributed by atoms with Gasteiger partial charge in [0.25, 0.3) is 10.0 Å². The number of hydrogen-bond acceptors (Lipinski definition) is 5. The van der Waals surface area contributed by atoms with Gasteiger partial charge in [0.15, 0.2) is 0 Å². The lowest BCUT2D eigenvalue weighted by Crippen LogP contribution is -2.44. The summed E-state index contributed by atoms with van der Waals surface area (Å²) in [5.41, 5.74) is 2.60. The molecular weight excluding hydrogens is 484 g/mol. The number of carbonyl (C=O) groups excluding carboxylic acids is 1. The predicted molar refractivity (Wildman–Crippen MR) is 145 cm³/mol. The quantitative estimate of drug-likeness (QED) is 0.277. The number of fused-ring (bicyclic) bond motifs is 1. The first-order valence-electron chi connectivity index (χ1n) is 12.8. The highest BCUT2D eigenvalue weighted by Crippen LogP contribution is 2.38. The number of carbonyl (C=O) groups is 1. The van der Waals surface area contributed by atoms with Gasteiger partial charge in [-0.1, -0.05) is 73.7 Å². The lowest BCUT2D eigenvalue weighted by atomic mass is 9.86. The van der Waals surface area contributed by atoms with Crippen molar-refractivity contribution in [2.24, 2.45) is 5.92 Å². The van der Waals surface area contributed by atoms with Gasteiger partial charge in [0, 0.05) is 43.1 Å². The second-order valence-corrected chi connectivity index (χ2v) is 11.4.